The summed E-state index contributed by atoms with van der Waals surface area (Å²) in [6, 6.07) is 10.5. The van der Waals surface area contributed by atoms with Crippen molar-refractivity contribution in [2.75, 3.05) is 13.2 Å². The van der Waals surface area contributed by atoms with Crippen molar-refractivity contribution >= 4 is 12.4 Å². The predicted octanol–water partition coefficient (Wildman–Crippen LogP) is 2.24. The van der Waals surface area contributed by atoms with Crippen molar-refractivity contribution in [1.29, 1.82) is 0 Å². The maximum Gasteiger partial charge on any atom is 0.119 e. The molecule has 0 amide bonds. The van der Waals surface area contributed by atoms with E-state index in [2.05, 4.69) is 5.32 Å². The molecule has 1 heterocycles. The van der Waals surface area contributed by atoms with E-state index in [1.165, 1.54) is 12.8 Å². The summed E-state index contributed by atoms with van der Waals surface area (Å²) in [4.78, 5) is 0. The summed E-state index contributed by atoms with van der Waals surface area (Å²) in [5.41, 5.74) is 0. The van der Waals surface area contributed by atoms with Gasteiger partial charge in [0.15, 0.2) is 0 Å². The monoisotopic (exact) mass is 213 g/mol. The van der Waals surface area contributed by atoms with Crippen molar-refractivity contribution in [3.63, 3.8) is 0 Å². The molecule has 1 N–H and O–H groups in total. The molecule has 0 unspecified atom stereocenters. The molecule has 1 fully saturated rings. The normalized spacial score (nSPS) is 20.1. The van der Waals surface area contributed by atoms with Crippen molar-refractivity contribution in [2.45, 2.75) is 18.9 Å². The third kappa shape index (κ3) is 3.20. The Morgan fingerprint density at radius 1 is 1.29 bits per heavy atom. The lowest BCUT2D eigenvalue weighted by atomic mass is 10.2. The van der Waals surface area contributed by atoms with Gasteiger partial charge in [-0.25, -0.2) is 0 Å². The molecular formula is C11H16ClNO. The summed E-state index contributed by atoms with van der Waals surface area (Å²) in [6.45, 7) is 1.94. The fraction of sp³-hybridized carbons (Fsp3) is 0.455. The van der Waals surface area contributed by atoms with Crippen LogP contribution in [0.5, 0.6) is 5.75 Å². The highest BCUT2D eigenvalue weighted by atomic mass is 35.5. The molecule has 1 aromatic carbocycles. The van der Waals surface area contributed by atoms with Crippen LogP contribution in [0.25, 0.3) is 0 Å². The Morgan fingerprint density at radius 2 is 2.07 bits per heavy atom. The van der Waals surface area contributed by atoms with Gasteiger partial charge in [-0.15, -0.1) is 12.4 Å². The van der Waals surface area contributed by atoms with Gasteiger partial charge < -0.3 is 10.1 Å². The zero-order chi connectivity index (χ0) is 8.93. The number of ether oxygens (including phenoxy) is 1. The van der Waals surface area contributed by atoms with Crippen molar-refractivity contribution in [3.05, 3.63) is 30.3 Å². The van der Waals surface area contributed by atoms with Gasteiger partial charge in [-0.3, -0.25) is 0 Å². The van der Waals surface area contributed by atoms with Gasteiger partial charge in [0.1, 0.15) is 12.4 Å². The molecule has 0 radical (unpaired) electrons. The molecule has 78 valence electrons. The second-order valence-electron chi connectivity index (χ2n) is 3.42. The van der Waals surface area contributed by atoms with E-state index in [0.29, 0.717) is 6.04 Å². The third-order valence-corrected chi connectivity index (χ3v) is 2.36. The lowest BCUT2D eigenvalue weighted by Crippen LogP contribution is -2.28. The van der Waals surface area contributed by atoms with Crippen LogP contribution < -0.4 is 10.1 Å². The number of para-hydroxylation sites is 1. The van der Waals surface area contributed by atoms with E-state index in [1.807, 2.05) is 30.3 Å². The first kappa shape index (κ1) is 11.3. The minimum absolute atomic E-state index is 0. The Labute approximate surface area is 91.1 Å². The molecule has 2 rings (SSSR count). The highest BCUT2D eigenvalue weighted by Gasteiger charge is 2.13. The molecular weight excluding hydrogens is 198 g/mol. The van der Waals surface area contributed by atoms with Gasteiger partial charge in [0.25, 0.3) is 0 Å². The molecule has 1 atom stereocenters. The highest BCUT2D eigenvalue weighted by molar-refractivity contribution is 5.85. The van der Waals surface area contributed by atoms with E-state index in [0.717, 1.165) is 18.9 Å². The Balaban J connectivity index is 0.000000980. The quantitative estimate of drug-likeness (QED) is 0.832. The molecule has 0 saturated carbocycles. The van der Waals surface area contributed by atoms with Gasteiger partial charge in [-0.05, 0) is 31.5 Å². The molecule has 1 aliphatic rings. The molecule has 2 nitrogen and oxygen atoms in total. The van der Waals surface area contributed by atoms with Gasteiger partial charge >= 0.3 is 0 Å². The zero-order valence-electron chi connectivity index (χ0n) is 8.11. The van der Waals surface area contributed by atoms with Gasteiger partial charge in [0.05, 0.1) is 0 Å². The van der Waals surface area contributed by atoms with Crippen LogP contribution in [-0.2, 0) is 0 Å². The molecule has 0 aliphatic carbocycles. The van der Waals surface area contributed by atoms with E-state index in [9.17, 15) is 0 Å². The number of halogens is 1. The lowest BCUT2D eigenvalue weighted by Gasteiger charge is -2.11. The average Bonchev–Trinajstić information content (AvgIpc) is 2.69. The largest absolute Gasteiger partial charge is 0.492 e. The number of rotatable bonds is 3. The fourth-order valence-electron chi connectivity index (χ4n) is 1.61. The predicted molar refractivity (Wildman–Crippen MR) is 60.2 cm³/mol. The fourth-order valence-corrected chi connectivity index (χ4v) is 1.61. The number of hydrogen-bond acceptors (Lipinski definition) is 2. The van der Waals surface area contributed by atoms with E-state index in [-0.39, 0.29) is 12.4 Å². The molecule has 0 aromatic heterocycles. The molecule has 14 heavy (non-hydrogen) atoms. The Hall–Kier alpha value is -0.730. The summed E-state index contributed by atoms with van der Waals surface area (Å²) < 4.78 is 5.63. The van der Waals surface area contributed by atoms with Gasteiger partial charge in [0, 0.05) is 6.04 Å². The standard InChI is InChI=1S/C11H15NO.ClH/c1-2-6-11(7-3-1)13-9-10-5-4-8-12-10;/h1-3,6-7,10,12H,4-5,8-9H2;1H/t10-;/m0./s1. The highest BCUT2D eigenvalue weighted by Crippen LogP contribution is 2.11. The van der Waals surface area contributed by atoms with Gasteiger partial charge in [-0.1, -0.05) is 18.2 Å². The van der Waals surface area contributed by atoms with Crippen molar-refractivity contribution in [2.24, 2.45) is 0 Å². The molecule has 0 bridgehead atoms. The van der Waals surface area contributed by atoms with Gasteiger partial charge in [-0.2, -0.15) is 0 Å². The van der Waals surface area contributed by atoms with Crippen LogP contribution in [-0.4, -0.2) is 19.2 Å². The molecule has 1 aliphatic heterocycles. The Morgan fingerprint density at radius 3 is 2.71 bits per heavy atom. The third-order valence-electron chi connectivity index (χ3n) is 2.36. The number of benzene rings is 1. The summed E-state index contributed by atoms with van der Waals surface area (Å²) in [5, 5.41) is 3.40. The smallest absolute Gasteiger partial charge is 0.119 e. The van der Waals surface area contributed by atoms with E-state index in [1.54, 1.807) is 0 Å². The second-order valence-corrected chi connectivity index (χ2v) is 3.42. The second kappa shape index (κ2) is 5.89. The molecule has 0 spiro atoms. The summed E-state index contributed by atoms with van der Waals surface area (Å²) in [5.74, 6) is 0.969. The zero-order valence-corrected chi connectivity index (χ0v) is 8.93. The molecule has 1 aromatic rings. The van der Waals surface area contributed by atoms with E-state index < -0.39 is 0 Å². The summed E-state index contributed by atoms with van der Waals surface area (Å²) in [7, 11) is 0. The van der Waals surface area contributed by atoms with E-state index >= 15 is 0 Å². The molecule has 1 saturated heterocycles. The summed E-state index contributed by atoms with van der Waals surface area (Å²) in [6.07, 6.45) is 2.52. The maximum absolute atomic E-state index is 5.63. The van der Waals surface area contributed by atoms with Gasteiger partial charge in [0.2, 0.25) is 0 Å². The first-order chi connectivity index (χ1) is 6.45. The van der Waals surface area contributed by atoms with Crippen molar-refractivity contribution in [1.82, 2.24) is 5.32 Å². The van der Waals surface area contributed by atoms with Crippen LogP contribution >= 0.6 is 12.4 Å². The van der Waals surface area contributed by atoms with Crippen LogP contribution in [0.3, 0.4) is 0 Å². The lowest BCUT2D eigenvalue weighted by molar-refractivity contribution is 0.277. The Kier molecular flexibility index (Phi) is 4.77. The van der Waals surface area contributed by atoms with Crippen LogP contribution in [0, 0.1) is 0 Å². The van der Waals surface area contributed by atoms with Crippen LogP contribution in [0.2, 0.25) is 0 Å². The SMILES string of the molecule is Cl.c1ccc(OC[C@@H]2CCCN2)cc1. The minimum atomic E-state index is 0. The number of nitrogens with one attached hydrogen (secondary N) is 1. The average molecular weight is 214 g/mol. The van der Waals surface area contributed by atoms with Crippen LogP contribution in [0.4, 0.5) is 0 Å². The molecule has 3 heteroatoms. The summed E-state index contributed by atoms with van der Waals surface area (Å²) >= 11 is 0. The van der Waals surface area contributed by atoms with Crippen molar-refractivity contribution < 1.29 is 4.74 Å². The van der Waals surface area contributed by atoms with Crippen LogP contribution in [0.1, 0.15) is 12.8 Å². The number of hydrogen-bond donors (Lipinski definition) is 1. The maximum atomic E-state index is 5.63. The minimum Gasteiger partial charge on any atom is -0.492 e. The van der Waals surface area contributed by atoms with Crippen molar-refractivity contribution in [3.8, 4) is 5.75 Å². The Bertz CT molecular complexity index is 247. The van der Waals surface area contributed by atoms with E-state index in [4.69, 9.17) is 4.74 Å². The first-order valence-corrected chi connectivity index (χ1v) is 4.86. The van der Waals surface area contributed by atoms with Crippen LogP contribution in [0.15, 0.2) is 30.3 Å². The first-order valence-electron chi connectivity index (χ1n) is 4.86. The topological polar surface area (TPSA) is 21.3 Å².